The van der Waals surface area contributed by atoms with Crippen molar-refractivity contribution < 1.29 is 19.0 Å². The lowest BCUT2D eigenvalue weighted by Gasteiger charge is -2.07. The number of halogens is 1. The molecule has 0 heterocycles. The average Bonchev–Trinajstić information content (AvgIpc) is 2.60. The van der Waals surface area contributed by atoms with Gasteiger partial charge in [0.1, 0.15) is 11.6 Å². The normalized spacial score (nSPS) is 10.6. The molecule has 0 amide bonds. The van der Waals surface area contributed by atoms with Gasteiger partial charge in [0.25, 0.3) is 0 Å². The van der Waals surface area contributed by atoms with Crippen LogP contribution in [0.4, 0.5) is 4.39 Å². The first kappa shape index (κ1) is 19.0. The van der Waals surface area contributed by atoms with E-state index in [1.807, 2.05) is 12.1 Å². The summed E-state index contributed by atoms with van der Waals surface area (Å²) in [4.78, 5) is 11.1. The van der Waals surface area contributed by atoms with E-state index in [0.29, 0.717) is 5.75 Å². The maximum Gasteiger partial charge on any atom is 0.335 e. The second-order valence-electron chi connectivity index (χ2n) is 6.27. The summed E-state index contributed by atoms with van der Waals surface area (Å²) >= 11 is 0. The lowest BCUT2D eigenvalue weighted by Crippen LogP contribution is -1.99. The van der Waals surface area contributed by atoms with E-state index in [1.165, 1.54) is 12.1 Å². The van der Waals surface area contributed by atoms with Crippen molar-refractivity contribution in [3.63, 3.8) is 0 Å². The van der Waals surface area contributed by atoms with Crippen LogP contribution in [0.2, 0.25) is 0 Å². The number of hydrogen-bond acceptors (Lipinski definition) is 2. The zero-order valence-corrected chi connectivity index (χ0v) is 14.6. The third kappa shape index (κ3) is 6.57. The van der Waals surface area contributed by atoms with E-state index >= 15 is 0 Å². The van der Waals surface area contributed by atoms with Crippen LogP contribution >= 0.6 is 0 Å². The van der Waals surface area contributed by atoms with E-state index in [4.69, 9.17) is 9.84 Å². The van der Waals surface area contributed by atoms with Gasteiger partial charge >= 0.3 is 5.97 Å². The first-order chi connectivity index (χ1) is 12.1. The second-order valence-corrected chi connectivity index (χ2v) is 6.27. The zero-order valence-electron chi connectivity index (χ0n) is 14.6. The molecular weight excluding hydrogens is 319 g/mol. The van der Waals surface area contributed by atoms with Crippen molar-refractivity contribution in [3.05, 3.63) is 65.0 Å². The smallest absolute Gasteiger partial charge is 0.335 e. The number of hydrogen-bond donors (Lipinski definition) is 1. The van der Waals surface area contributed by atoms with Crippen molar-refractivity contribution in [2.24, 2.45) is 0 Å². The lowest BCUT2D eigenvalue weighted by molar-refractivity contribution is 0.0696. The fraction of sp³-hybridized carbons (Fsp3) is 0.381. The molecule has 0 saturated heterocycles. The number of carbonyl (C=O) groups is 1. The van der Waals surface area contributed by atoms with E-state index in [2.05, 4.69) is 0 Å². The highest BCUT2D eigenvalue weighted by Crippen LogP contribution is 2.19. The summed E-state index contributed by atoms with van der Waals surface area (Å²) in [6.07, 6.45) is 7.19. The number of unbranched alkanes of at least 4 members (excludes halogenated alkanes) is 4. The van der Waals surface area contributed by atoms with Crippen molar-refractivity contribution in [2.45, 2.75) is 44.9 Å². The Bertz CT molecular complexity index is 697. The minimum atomic E-state index is -0.933. The molecule has 0 saturated carbocycles. The Morgan fingerprint density at radius 2 is 1.64 bits per heavy atom. The van der Waals surface area contributed by atoms with Crippen LogP contribution in [0.3, 0.4) is 0 Å². The van der Waals surface area contributed by atoms with Gasteiger partial charge in [-0.2, -0.15) is 0 Å². The molecule has 4 heteroatoms. The van der Waals surface area contributed by atoms with E-state index in [0.717, 1.165) is 56.1 Å². The first-order valence-corrected chi connectivity index (χ1v) is 8.74. The van der Waals surface area contributed by atoms with E-state index < -0.39 is 5.97 Å². The number of rotatable bonds is 10. The summed E-state index contributed by atoms with van der Waals surface area (Å²) in [6, 6.07) is 11.9. The fourth-order valence-electron chi connectivity index (χ4n) is 2.93. The van der Waals surface area contributed by atoms with Gasteiger partial charge in [-0.1, -0.05) is 31.4 Å². The summed E-state index contributed by atoms with van der Waals surface area (Å²) in [5.74, 6) is -0.515. The second kappa shape index (κ2) is 9.82. The maximum atomic E-state index is 13.1. The van der Waals surface area contributed by atoms with Crippen LogP contribution in [-0.2, 0) is 12.8 Å². The van der Waals surface area contributed by atoms with Gasteiger partial charge < -0.3 is 9.84 Å². The minimum absolute atomic E-state index is 0.170. The molecule has 0 bridgehead atoms. The molecule has 2 aromatic rings. The Hall–Kier alpha value is -2.36. The number of carboxylic acids is 1. The number of benzene rings is 2. The van der Waals surface area contributed by atoms with Crippen LogP contribution in [0, 0.1) is 5.82 Å². The molecule has 0 aliphatic rings. The molecule has 0 aliphatic heterocycles. The van der Waals surface area contributed by atoms with Gasteiger partial charge in [-0.05, 0) is 67.1 Å². The van der Waals surface area contributed by atoms with Gasteiger partial charge in [-0.3, -0.25) is 0 Å². The number of aryl methyl sites for hydroxylation is 2. The molecule has 134 valence electrons. The largest absolute Gasteiger partial charge is 0.497 e. The molecule has 0 atom stereocenters. The number of ether oxygens (including phenoxy) is 1. The van der Waals surface area contributed by atoms with Crippen LogP contribution in [0.5, 0.6) is 5.75 Å². The Kier molecular flexibility index (Phi) is 7.45. The Morgan fingerprint density at radius 1 is 0.960 bits per heavy atom. The molecule has 0 radical (unpaired) electrons. The molecule has 0 aromatic heterocycles. The van der Waals surface area contributed by atoms with Crippen LogP contribution < -0.4 is 4.74 Å². The average molecular weight is 344 g/mol. The number of aromatic carboxylic acids is 1. The molecule has 3 nitrogen and oxygen atoms in total. The summed E-state index contributed by atoms with van der Waals surface area (Å²) in [5, 5.41) is 9.13. The van der Waals surface area contributed by atoms with Crippen LogP contribution in [0.25, 0.3) is 0 Å². The number of carboxylic acid groups (broad SMARTS) is 1. The molecule has 2 rings (SSSR count). The predicted molar refractivity (Wildman–Crippen MR) is 96.8 cm³/mol. The van der Waals surface area contributed by atoms with Crippen molar-refractivity contribution in [1.82, 2.24) is 0 Å². The topological polar surface area (TPSA) is 46.5 Å². The molecule has 25 heavy (non-hydrogen) atoms. The predicted octanol–water partition coefficient (Wildman–Crippen LogP) is 5.27. The fourth-order valence-corrected chi connectivity index (χ4v) is 2.93. The SMILES string of the molecule is COc1cc(CCCCCCCc2cccc(F)c2)cc(C(=O)O)c1. The lowest BCUT2D eigenvalue weighted by atomic mass is 10.0. The third-order valence-corrected chi connectivity index (χ3v) is 4.27. The summed E-state index contributed by atoms with van der Waals surface area (Å²) in [5.41, 5.74) is 2.32. The van der Waals surface area contributed by atoms with Gasteiger partial charge in [0.2, 0.25) is 0 Å². The highest BCUT2D eigenvalue weighted by molar-refractivity contribution is 5.88. The standard InChI is InChI=1S/C21H25FO3/c1-25-20-14-17(12-18(15-20)21(23)24)9-6-4-2-3-5-8-16-10-7-11-19(22)13-16/h7,10-15H,2-6,8-9H2,1H3,(H,23,24). The Morgan fingerprint density at radius 3 is 2.28 bits per heavy atom. The van der Waals surface area contributed by atoms with Crippen molar-refractivity contribution in [1.29, 1.82) is 0 Å². The van der Waals surface area contributed by atoms with Crippen LogP contribution in [-0.4, -0.2) is 18.2 Å². The number of methoxy groups -OCH3 is 1. The monoisotopic (exact) mass is 344 g/mol. The molecule has 1 N–H and O–H groups in total. The highest BCUT2D eigenvalue weighted by atomic mass is 19.1. The zero-order chi connectivity index (χ0) is 18.1. The van der Waals surface area contributed by atoms with Gasteiger partial charge in [-0.25, -0.2) is 9.18 Å². The molecular formula is C21H25FO3. The minimum Gasteiger partial charge on any atom is -0.497 e. The van der Waals surface area contributed by atoms with Crippen LogP contribution in [0.1, 0.15) is 53.6 Å². The molecule has 0 aliphatic carbocycles. The Labute approximate surface area is 148 Å². The molecule has 2 aromatic carbocycles. The molecule has 0 spiro atoms. The Balaban J connectivity index is 1.67. The van der Waals surface area contributed by atoms with E-state index in [9.17, 15) is 9.18 Å². The molecule has 0 unspecified atom stereocenters. The van der Waals surface area contributed by atoms with E-state index in [-0.39, 0.29) is 11.4 Å². The van der Waals surface area contributed by atoms with Gasteiger partial charge in [0.15, 0.2) is 0 Å². The highest BCUT2D eigenvalue weighted by Gasteiger charge is 2.07. The van der Waals surface area contributed by atoms with Crippen molar-refractivity contribution >= 4 is 5.97 Å². The summed E-state index contributed by atoms with van der Waals surface area (Å²) < 4.78 is 18.3. The maximum absolute atomic E-state index is 13.1. The van der Waals surface area contributed by atoms with Crippen LogP contribution in [0.15, 0.2) is 42.5 Å². The summed E-state index contributed by atoms with van der Waals surface area (Å²) in [7, 11) is 1.54. The van der Waals surface area contributed by atoms with Crippen molar-refractivity contribution in [3.8, 4) is 5.75 Å². The molecule has 0 fully saturated rings. The van der Waals surface area contributed by atoms with E-state index in [1.54, 1.807) is 25.3 Å². The van der Waals surface area contributed by atoms with Crippen molar-refractivity contribution in [2.75, 3.05) is 7.11 Å². The van der Waals surface area contributed by atoms with Gasteiger partial charge in [-0.15, -0.1) is 0 Å². The summed E-state index contributed by atoms with van der Waals surface area (Å²) in [6.45, 7) is 0. The first-order valence-electron chi connectivity index (χ1n) is 8.74. The van der Waals surface area contributed by atoms with Gasteiger partial charge in [0, 0.05) is 0 Å². The van der Waals surface area contributed by atoms with Gasteiger partial charge in [0.05, 0.1) is 12.7 Å². The third-order valence-electron chi connectivity index (χ3n) is 4.27. The quantitative estimate of drug-likeness (QED) is 0.597.